The zero-order valence-corrected chi connectivity index (χ0v) is 12.0. The highest BCUT2D eigenvalue weighted by molar-refractivity contribution is 7.80. The number of hydrogen-bond acceptors (Lipinski definition) is 3. The summed E-state index contributed by atoms with van der Waals surface area (Å²) in [5.41, 5.74) is 6.55. The molecular formula is C14H20FN3S. The van der Waals surface area contributed by atoms with Crippen molar-refractivity contribution in [3.8, 4) is 0 Å². The van der Waals surface area contributed by atoms with Crippen molar-refractivity contribution in [3.63, 3.8) is 0 Å². The number of nitrogens with one attached hydrogen (secondary N) is 1. The SMILES string of the molecule is CCN1CCCC(Nc2ccc(C(N)=S)c(F)c2)C1. The third-order valence-corrected chi connectivity index (χ3v) is 3.78. The first kappa shape index (κ1) is 14.2. The summed E-state index contributed by atoms with van der Waals surface area (Å²) < 4.78 is 13.8. The van der Waals surface area contributed by atoms with Gasteiger partial charge in [-0.3, -0.25) is 0 Å². The second-order valence-electron chi connectivity index (χ2n) is 4.94. The lowest BCUT2D eigenvalue weighted by Crippen LogP contribution is -2.41. The second kappa shape index (κ2) is 6.30. The molecule has 0 aliphatic carbocycles. The number of nitrogens with two attached hydrogens (primary N) is 1. The van der Waals surface area contributed by atoms with Gasteiger partial charge in [0.15, 0.2) is 0 Å². The van der Waals surface area contributed by atoms with Gasteiger partial charge in [0.25, 0.3) is 0 Å². The van der Waals surface area contributed by atoms with Gasteiger partial charge in [-0.25, -0.2) is 4.39 Å². The van der Waals surface area contributed by atoms with Gasteiger partial charge in [0.2, 0.25) is 0 Å². The monoisotopic (exact) mass is 281 g/mol. The van der Waals surface area contributed by atoms with Gasteiger partial charge in [-0.2, -0.15) is 0 Å². The summed E-state index contributed by atoms with van der Waals surface area (Å²) in [6, 6.07) is 5.33. The molecule has 19 heavy (non-hydrogen) atoms. The van der Waals surface area contributed by atoms with Crippen LogP contribution in [0, 0.1) is 5.82 Å². The zero-order chi connectivity index (χ0) is 13.8. The van der Waals surface area contributed by atoms with Gasteiger partial charge in [-0.05, 0) is 44.1 Å². The van der Waals surface area contributed by atoms with Crippen molar-refractivity contribution in [2.24, 2.45) is 5.73 Å². The molecule has 0 spiro atoms. The van der Waals surface area contributed by atoms with E-state index < -0.39 is 0 Å². The fourth-order valence-corrected chi connectivity index (χ4v) is 2.67. The average Bonchev–Trinajstić information content (AvgIpc) is 2.38. The van der Waals surface area contributed by atoms with Crippen LogP contribution in [-0.2, 0) is 0 Å². The average molecular weight is 281 g/mol. The molecule has 3 N–H and O–H groups in total. The van der Waals surface area contributed by atoms with E-state index in [0.717, 1.165) is 31.7 Å². The Labute approximate surface area is 119 Å². The van der Waals surface area contributed by atoms with E-state index in [-0.39, 0.29) is 10.8 Å². The number of rotatable bonds is 4. The molecule has 1 unspecified atom stereocenters. The normalized spacial score (nSPS) is 20.2. The summed E-state index contributed by atoms with van der Waals surface area (Å²) in [4.78, 5) is 2.50. The molecule has 1 saturated heterocycles. The molecule has 0 amide bonds. The Morgan fingerprint density at radius 1 is 1.58 bits per heavy atom. The number of piperidine rings is 1. The third kappa shape index (κ3) is 3.64. The van der Waals surface area contributed by atoms with Crippen molar-refractivity contribution in [2.45, 2.75) is 25.8 Å². The molecule has 1 fully saturated rings. The van der Waals surface area contributed by atoms with Gasteiger partial charge in [-0.1, -0.05) is 19.1 Å². The minimum absolute atomic E-state index is 0.0962. The van der Waals surface area contributed by atoms with E-state index in [9.17, 15) is 4.39 Å². The van der Waals surface area contributed by atoms with Crippen LogP contribution in [-0.4, -0.2) is 35.6 Å². The molecule has 1 aromatic carbocycles. The number of nitrogens with zero attached hydrogens (tertiary/aromatic N) is 1. The summed E-state index contributed by atoms with van der Waals surface area (Å²) in [6.07, 6.45) is 2.30. The van der Waals surface area contributed by atoms with E-state index in [1.54, 1.807) is 6.07 Å². The van der Waals surface area contributed by atoms with E-state index >= 15 is 0 Å². The van der Waals surface area contributed by atoms with Crippen LogP contribution in [0.3, 0.4) is 0 Å². The molecule has 1 atom stereocenters. The summed E-state index contributed by atoms with van der Waals surface area (Å²) in [5, 5.41) is 3.39. The molecule has 1 aliphatic heterocycles. The Bertz CT molecular complexity index is 464. The van der Waals surface area contributed by atoms with Gasteiger partial charge in [0.05, 0.1) is 0 Å². The molecule has 2 rings (SSSR count). The summed E-state index contributed by atoms with van der Waals surface area (Å²) >= 11 is 4.80. The largest absolute Gasteiger partial charge is 0.389 e. The Morgan fingerprint density at radius 2 is 2.37 bits per heavy atom. The topological polar surface area (TPSA) is 41.3 Å². The minimum Gasteiger partial charge on any atom is -0.389 e. The Hall–Kier alpha value is -1.20. The number of hydrogen-bond donors (Lipinski definition) is 2. The Balaban J connectivity index is 2.03. The Morgan fingerprint density at radius 3 is 3.00 bits per heavy atom. The van der Waals surface area contributed by atoms with Crippen LogP contribution in [0.1, 0.15) is 25.3 Å². The molecule has 0 radical (unpaired) electrons. The van der Waals surface area contributed by atoms with Crippen LogP contribution in [0.25, 0.3) is 0 Å². The molecule has 3 nitrogen and oxygen atoms in total. The van der Waals surface area contributed by atoms with E-state index in [1.165, 1.54) is 12.5 Å². The highest BCUT2D eigenvalue weighted by Gasteiger charge is 2.18. The van der Waals surface area contributed by atoms with Crippen molar-refractivity contribution in [2.75, 3.05) is 25.0 Å². The molecule has 1 aromatic rings. The standard InChI is InChI=1S/C14H20FN3S/c1-2-18-7-3-4-11(9-18)17-10-5-6-12(14(16)19)13(15)8-10/h5-6,8,11,17H,2-4,7,9H2,1H3,(H2,16,19). The van der Waals surface area contributed by atoms with Crippen molar-refractivity contribution in [3.05, 3.63) is 29.6 Å². The molecule has 5 heteroatoms. The van der Waals surface area contributed by atoms with Crippen LogP contribution < -0.4 is 11.1 Å². The van der Waals surface area contributed by atoms with Crippen LogP contribution >= 0.6 is 12.2 Å². The molecule has 0 aromatic heterocycles. The fraction of sp³-hybridized carbons (Fsp3) is 0.500. The lowest BCUT2D eigenvalue weighted by atomic mass is 10.1. The number of halogens is 1. The fourth-order valence-electron chi connectivity index (χ4n) is 2.50. The van der Waals surface area contributed by atoms with E-state index in [2.05, 4.69) is 17.1 Å². The van der Waals surface area contributed by atoms with Crippen molar-refractivity contribution in [1.82, 2.24) is 4.90 Å². The summed E-state index contributed by atoms with van der Waals surface area (Å²) in [5.74, 6) is -0.361. The highest BCUT2D eigenvalue weighted by Crippen LogP contribution is 2.19. The maximum absolute atomic E-state index is 13.8. The van der Waals surface area contributed by atoms with Crippen LogP contribution in [0.4, 0.5) is 10.1 Å². The number of anilines is 1. The zero-order valence-electron chi connectivity index (χ0n) is 11.2. The molecule has 104 valence electrons. The van der Waals surface area contributed by atoms with Gasteiger partial charge < -0.3 is 16.0 Å². The number of likely N-dealkylation sites (tertiary alicyclic amines) is 1. The third-order valence-electron chi connectivity index (χ3n) is 3.56. The van der Waals surface area contributed by atoms with Gasteiger partial charge >= 0.3 is 0 Å². The molecule has 0 saturated carbocycles. The quantitative estimate of drug-likeness (QED) is 0.831. The summed E-state index contributed by atoms with van der Waals surface area (Å²) in [7, 11) is 0. The number of likely N-dealkylation sites (N-methyl/N-ethyl adjacent to an activating group) is 1. The molecule has 0 bridgehead atoms. The van der Waals surface area contributed by atoms with Crippen molar-refractivity contribution >= 4 is 22.9 Å². The molecule has 1 aliphatic rings. The van der Waals surface area contributed by atoms with Crippen molar-refractivity contribution < 1.29 is 4.39 Å². The number of benzene rings is 1. The summed E-state index contributed by atoms with van der Waals surface area (Å²) in [6.45, 7) is 5.39. The van der Waals surface area contributed by atoms with E-state index in [0.29, 0.717) is 11.6 Å². The second-order valence-corrected chi connectivity index (χ2v) is 5.38. The minimum atomic E-state index is -0.361. The first-order chi connectivity index (χ1) is 9.10. The van der Waals surface area contributed by atoms with E-state index in [4.69, 9.17) is 18.0 Å². The predicted molar refractivity (Wildman–Crippen MR) is 81.0 cm³/mol. The maximum Gasteiger partial charge on any atom is 0.135 e. The van der Waals surface area contributed by atoms with Crippen LogP contribution in [0.5, 0.6) is 0 Å². The molecular weight excluding hydrogens is 261 g/mol. The van der Waals surface area contributed by atoms with Crippen LogP contribution in [0.2, 0.25) is 0 Å². The highest BCUT2D eigenvalue weighted by atomic mass is 32.1. The Kier molecular flexibility index (Phi) is 4.71. The van der Waals surface area contributed by atoms with E-state index in [1.807, 2.05) is 6.07 Å². The number of thiocarbonyl (C=S) groups is 1. The maximum atomic E-state index is 13.8. The van der Waals surface area contributed by atoms with Gasteiger partial charge in [-0.15, -0.1) is 0 Å². The van der Waals surface area contributed by atoms with Gasteiger partial charge in [0.1, 0.15) is 10.8 Å². The first-order valence-electron chi connectivity index (χ1n) is 6.68. The molecule has 1 heterocycles. The lowest BCUT2D eigenvalue weighted by molar-refractivity contribution is 0.227. The van der Waals surface area contributed by atoms with Crippen LogP contribution in [0.15, 0.2) is 18.2 Å². The predicted octanol–water partition coefficient (Wildman–Crippen LogP) is 2.36. The first-order valence-corrected chi connectivity index (χ1v) is 7.09. The lowest BCUT2D eigenvalue weighted by Gasteiger charge is -2.32. The van der Waals surface area contributed by atoms with Crippen molar-refractivity contribution in [1.29, 1.82) is 0 Å². The smallest absolute Gasteiger partial charge is 0.135 e. The van der Waals surface area contributed by atoms with Gasteiger partial charge in [0, 0.05) is 23.8 Å².